The largest absolute Gasteiger partial charge is 0.507 e. The van der Waals surface area contributed by atoms with Crippen LogP contribution in [-0.2, 0) is 19.1 Å². The first kappa shape index (κ1) is 84.1. The highest BCUT2D eigenvalue weighted by Gasteiger charge is 2.21. The van der Waals surface area contributed by atoms with Gasteiger partial charge in [-0.1, -0.05) is 76.0 Å². The number of Topliss-reactive ketones (excluding diaryl/α,β-unsaturated/α-hetero) is 1. The molecule has 0 unspecified atom stereocenters. The van der Waals surface area contributed by atoms with Crippen molar-refractivity contribution in [1.82, 2.24) is 84.4 Å². The number of aliphatic hydroxyl groups is 1. The highest BCUT2D eigenvalue weighted by Crippen LogP contribution is 2.29. The molecule has 0 bridgehead atoms. The van der Waals surface area contributed by atoms with Crippen molar-refractivity contribution >= 4 is 112 Å². The lowest BCUT2D eigenvalue weighted by Crippen LogP contribution is -2.15. The van der Waals surface area contributed by atoms with E-state index in [1.807, 2.05) is 124 Å². The van der Waals surface area contributed by atoms with Gasteiger partial charge in [-0.05, 0) is 169 Å². The Kier molecular flexibility index (Phi) is 31.2. The normalized spacial score (nSPS) is 10.3. The number of aryl methyl sites for hydroxylation is 3. The number of benzene rings is 5. The number of fused-ring (bicyclic) bond motifs is 5. The molecule has 5 N–H and O–H groups in total. The molecule has 15 aromatic rings. The average Bonchev–Trinajstić information content (AvgIpc) is 1.65. The topological polar surface area (TPSA) is 386 Å². The van der Waals surface area contributed by atoms with Crippen molar-refractivity contribution in [2.24, 2.45) is 5.84 Å². The molecular weight excluding hydrogens is 1450 g/mol. The second kappa shape index (κ2) is 40.5. The fourth-order valence-corrected chi connectivity index (χ4v) is 10.2. The smallest absolute Gasteiger partial charge is 0.379 e. The Morgan fingerprint density at radius 3 is 1.24 bits per heavy atom. The number of hydrazine groups is 1. The van der Waals surface area contributed by atoms with Gasteiger partial charge in [-0.15, -0.1) is 0 Å². The average molecular weight is 1530 g/mol. The molecule has 556 valence electrons. The molecule has 0 aliphatic heterocycles. The van der Waals surface area contributed by atoms with Crippen LogP contribution in [0.25, 0.3) is 95.1 Å². The monoisotopic (exact) mass is 1530 g/mol. The number of carboxylic acids is 1. The molecule has 10 aromatic heterocycles. The van der Waals surface area contributed by atoms with Crippen molar-refractivity contribution in [1.29, 1.82) is 0 Å². The molecule has 0 spiro atoms. The molecule has 109 heavy (non-hydrogen) atoms. The number of hydrogen-bond acceptors (Lipinski definition) is 25. The van der Waals surface area contributed by atoms with Crippen molar-refractivity contribution in [2.45, 2.75) is 71.2 Å². The van der Waals surface area contributed by atoms with E-state index in [9.17, 15) is 34.2 Å². The molecule has 0 atom stereocenters. The summed E-state index contributed by atoms with van der Waals surface area (Å²) in [5.41, 5.74) is 17.0. The molecule has 0 amide bonds. The number of nitrogens with two attached hydrogens (primary N) is 1. The van der Waals surface area contributed by atoms with Crippen LogP contribution in [0.2, 0.25) is 0 Å². The first-order valence-electron chi connectivity index (χ1n) is 32.1. The van der Waals surface area contributed by atoms with Crippen molar-refractivity contribution in [3.05, 3.63) is 270 Å². The third-order valence-corrected chi connectivity index (χ3v) is 15.2. The predicted octanol–water partition coefficient (Wildman–Crippen LogP) is 15.4. The van der Waals surface area contributed by atoms with E-state index >= 15 is 0 Å². The van der Waals surface area contributed by atoms with E-state index in [1.54, 1.807) is 123 Å². The van der Waals surface area contributed by atoms with Gasteiger partial charge >= 0.3 is 17.9 Å². The van der Waals surface area contributed by atoms with Gasteiger partial charge in [0.05, 0.1) is 79.8 Å². The molecule has 0 aliphatic rings. The Labute approximate surface area is 636 Å². The van der Waals surface area contributed by atoms with Crippen LogP contribution in [-0.4, -0.2) is 137 Å². The van der Waals surface area contributed by atoms with Gasteiger partial charge < -0.3 is 25.1 Å². The lowest BCUT2D eigenvalue weighted by atomic mass is 10.1. The summed E-state index contributed by atoms with van der Waals surface area (Å²) in [4.78, 5) is 112. The highest BCUT2D eigenvalue weighted by molar-refractivity contribution is 9.10. The van der Waals surface area contributed by atoms with E-state index in [2.05, 4.69) is 101 Å². The zero-order valence-corrected chi connectivity index (χ0v) is 58.7. The fourth-order valence-electron chi connectivity index (χ4n) is 9.80. The number of nitrogen functional groups attached to an aromatic ring is 1. The van der Waals surface area contributed by atoms with E-state index in [-0.39, 0.29) is 65.9 Å². The van der Waals surface area contributed by atoms with Crippen LogP contribution in [0.5, 0.6) is 0 Å². The standard InChI is InChI=1S/C20H17N5O2.C18H13N5O2.C14H12N2O4.C10H8N2O.C8H5BrN2.C6H9N3.4CH4/c1-3-27-20(26)17-12-18(25(24-17)19-6-4-5-13(2)23-19)14-7-8-15-16(11-14)22-10-9-21-15;1-11-3-2-4-17(21-11)23-16(10-15(22-23)18(24)25)12-5-6-13-14(9-12)20-8-7-19-13;1-2-20-14(19)13(18)8-12(17)9-3-4-10-11(7-9)16-6-5-15-10;1-7(13)8-2-3-9-10(6-8)12-5-4-11-9;9-6-1-2-7-8(5-6)11-4-3-10-7;1-5-3-2-4-6(8-5)9-7;;;;/h4-12H,3H2,1-2H3;2-10H,1H3,(H,24,25);3-8,17H,2H2,1H3;2-6H,1H3;1-5H;2-4H,7H2,1H3,(H,8,9);4*1H4/b;;12-8-;;;;;;;. The number of anilines is 1. The molecule has 15 rings (SSSR count). The third-order valence-electron chi connectivity index (χ3n) is 14.7. The number of aromatic carboxylic acids is 1. The van der Waals surface area contributed by atoms with E-state index in [1.165, 1.54) is 23.9 Å². The molecule has 0 saturated heterocycles. The van der Waals surface area contributed by atoms with Crippen LogP contribution >= 0.6 is 15.9 Å². The van der Waals surface area contributed by atoms with Crippen LogP contribution in [0.1, 0.15) is 104 Å². The number of aromatic nitrogens is 17. The lowest BCUT2D eigenvalue weighted by molar-refractivity contribution is -0.151. The van der Waals surface area contributed by atoms with Crippen molar-refractivity contribution < 1.29 is 43.7 Å². The number of hydrogen-bond donors (Lipinski definition) is 4. The fraction of sp³-hybridized carbons (Fsp3) is 0.150. The number of carbonyl (C=O) groups is 5. The molecule has 0 fully saturated rings. The summed E-state index contributed by atoms with van der Waals surface area (Å²) >= 11 is 3.36. The van der Waals surface area contributed by atoms with Crippen LogP contribution in [0.15, 0.2) is 230 Å². The first-order valence-corrected chi connectivity index (χ1v) is 32.9. The number of ketones is 2. The van der Waals surface area contributed by atoms with Gasteiger partial charge in [0.1, 0.15) is 11.6 Å². The van der Waals surface area contributed by atoms with E-state index < -0.39 is 23.7 Å². The summed E-state index contributed by atoms with van der Waals surface area (Å²) in [6.07, 6.45) is 17.1. The van der Waals surface area contributed by atoms with Crippen LogP contribution in [0.4, 0.5) is 5.82 Å². The number of aliphatic hydroxyl groups excluding tert-OH is 1. The molecule has 0 radical (unpaired) electrons. The minimum absolute atomic E-state index is 0. The number of nitrogens with one attached hydrogen (secondary N) is 1. The van der Waals surface area contributed by atoms with Crippen LogP contribution in [0, 0.1) is 20.8 Å². The number of halogens is 1. The van der Waals surface area contributed by atoms with Gasteiger partial charge in [0, 0.05) is 112 Å². The second-order valence-corrected chi connectivity index (χ2v) is 23.1. The molecular formula is C80H80BrN19O9. The number of ether oxygens (including phenoxy) is 2. The summed E-state index contributed by atoms with van der Waals surface area (Å²) in [6.45, 7) is 11.0. The molecule has 28 nitrogen and oxygen atoms in total. The molecule has 10 heterocycles. The SMILES string of the molecule is Brc1ccc2nccnc2c1.C.C.C.C.CC(=O)c1ccc2nccnc2c1.CCOC(=O)C(=O)/C=C(\O)c1ccc2nccnc2c1.CCOC(=O)c1cc(-c2ccc3nccnc3c2)n(-c2cccc(C)n2)n1.Cc1cccc(-n2nc(C(=O)O)cc2-c2ccc3nccnc3c2)n1.Cc1cccc(NN)n1. The lowest BCUT2D eigenvalue weighted by Gasteiger charge is -2.08. The summed E-state index contributed by atoms with van der Waals surface area (Å²) in [7, 11) is 0. The number of pyridine rings is 3. The highest BCUT2D eigenvalue weighted by atomic mass is 79.9. The minimum Gasteiger partial charge on any atom is -0.507 e. The van der Waals surface area contributed by atoms with Gasteiger partial charge in [0.2, 0.25) is 0 Å². The summed E-state index contributed by atoms with van der Waals surface area (Å²) < 4.78 is 13.9. The Hall–Kier alpha value is -13.8. The first-order chi connectivity index (χ1) is 50.8. The number of nitrogens with zero attached hydrogens (tertiary/aromatic N) is 17. The molecule has 0 saturated carbocycles. The third kappa shape index (κ3) is 22.6. The van der Waals surface area contributed by atoms with Gasteiger partial charge in [0.15, 0.2) is 28.8 Å². The van der Waals surface area contributed by atoms with Crippen LogP contribution in [0.3, 0.4) is 0 Å². The van der Waals surface area contributed by atoms with Gasteiger partial charge in [-0.25, -0.2) is 44.5 Å². The van der Waals surface area contributed by atoms with E-state index in [0.717, 1.165) is 88.6 Å². The molecule has 29 heteroatoms. The van der Waals surface area contributed by atoms with Gasteiger partial charge in [-0.3, -0.25) is 59.4 Å². The number of carbonyl (C=O) groups excluding carboxylic acids is 4. The summed E-state index contributed by atoms with van der Waals surface area (Å²) in [5, 5.41) is 27.8. The Morgan fingerprint density at radius 2 is 0.826 bits per heavy atom. The molecule has 0 aliphatic carbocycles. The maximum atomic E-state index is 12.2. The van der Waals surface area contributed by atoms with Gasteiger partial charge in [-0.2, -0.15) is 10.2 Å². The van der Waals surface area contributed by atoms with Crippen LogP contribution < -0.4 is 11.3 Å². The number of esters is 2. The van der Waals surface area contributed by atoms with E-state index in [0.29, 0.717) is 45.3 Å². The summed E-state index contributed by atoms with van der Waals surface area (Å²) in [6, 6.07) is 47.3. The number of rotatable bonds is 13. The predicted molar refractivity (Wildman–Crippen MR) is 424 cm³/mol. The summed E-state index contributed by atoms with van der Waals surface area (Å²) in [5.74, 6) is 3.25. The maximum absolute atomic E-state index is 12.2. The Morgan fingerprint density at radius 1 is 0.450 bits per heavy atom. The Balaban J connectivity index is 0.000000211. The molecule has 5 aromatic carbocycles. The zero-order valence-electron chi connectivity index (χ0n) is 57.1. The minimum atomic E-state index is -1.09. The quantitative estimate of drug-likeness (QED) is 0.0158. The number of carboxylic acid groups (broad SMARTS) is 1. The van der Waals surface area contributed by atoms with Crippen molar-refractivity contribution in [2.75, 3.05) is 18.6 Å². The Bertz CT molecular complexity index is 5680. The van der Waals surface area contributed by atoms with E-state index in [4.69, 9.17) is 10.6 Å². The zero-order chi connectivity index (χ0) is 74.4. The second-order valence-electron chi connectivity index (χ2n) is 22.2. The van der Waals surface area contributed by atoms with Gasteiger partial charge in [0.25, 0.3) is 5.78 Å². The van der Waals surface area contributed by atoms with Crippen molar-refractivity contribution in [3.63, 3.8) is 0 Å². The maximum Gasteiger partial charge on any atom is 0.379 e. The van der Waals surface area contributed by atoms with Crippen molar-refractivity contribution in [3.8, 4) is 34.2 Å².